The maximum atomic E-state index is 12.7. The molecular formula is C15H27N3O2S. The van der Waals surface area contributed by atoms with E-state index < -0.39 is 0 Å². The van der Waals surface area contributed by atoms with Crippen molar-refractivity contribution in [3.63, 3.8) is 0 Å². The molecule has 2 saturated heterocycles. The molecule has 3 amide bonds. The predicted molar refractivity (Wildman–Crippen MR) is 86.5 cm³/mol. The van der Waals surface area contributed by atoms with Crippen molar-refractivity contribution in [1.29, 1.82) is 0 Å². The van der Waals surface area contributed by atoms with E-state index in [0.717, 1.165) is 25.1 Å². The first-order chi connectivity index (χ1) is 9.91. The van der Waals surface area contributed by atoms with Crippen LogP contribution in [0.4, 0.5) is 4.79 Å². The van der Waals surface area contributed by atoms with Gasteiger partial charge in [-0.05, 0) is 19.8 Å². The van der Waals surface area contributed by atoms with Crippen LogP contribution >= 0.6 is 11.8 Å². The lowest BCUT2D eigenvalue weighted by Gasteiger charge is -2.41. The lowest BCUT2D eigenvalue weighted by Crippen LogP contribution is -2.52. The third kappa shape index (κ3) is 3.65. The summed E-state index contributed by atoms with van der Waals surface area (Å²) < 4.78 is 0. The van der Waals surface area contributed by atoms with E-state index in [9.17, 15) is 9.59 Å². The van der Waals surface area contributed by atoms with E-state index in [4.69, 9.17) is 0 Å². The van der Waals surface area contributed by atoms with Gasteiger partial charge in [0.15, 0.2) is 0 Å². The van der Waals surface area contributed by atoms with Gasteiger partial charge >= 0.3 is 6.03 Å². The van der Waals surface area contributed by atoms with E-state index in [1.807, 2.05) is 16.7 Å². The Hall–Kier alpha value is -0.910. The molecule has 0 N–H and O–H groups in total. The van der Waals surface area contributed by atoms with E-state index in [1.54, 1.807) is 19.0 Å². The smallest absolute Gasteiger partial charge is 0.319 e. The van der Waals surface area contributed by atoms with Crippen LogP contribution in [0.1, 0.15) is 26.7 Å². The lowest BCUT2D eigenvalue weighted by atomic mass is 9.94. The van der Waals surface area contributed by atoms with Gasteiger partial charge in [-0.1, -0.05) is 6.92 Å². The van der Waals surface area contributed by atoms with Crippen molar-refractivity contribution in [1.82, 2.24) is 14.7 Å². The molecule has 6 heteroatoms. The average molecular weight is 313 g/mol. The molecule has 0 aromatic carbocycles. The van der Waals surface area contributed by atoms with Crippen molar-refractivity contribution >= 4 is 23.7 Å². The fourth-order valence-electron chi connectivity index (χ4n) is 3.08. The summed E-state index contributed by atoms with van der Waals surface area (Å²) in [6.07, 6.45) is 1.59. The number of amides is 3. The van der Waals surface area contributed by atoms with Crippen LogP contribution < -0.4 is 0 Å². The van der Waals surface area contributed by atoms with Crippen molar-refractivity contribution in [3.8, 4) is 0 Å². The Balaban J connectivity index is 1.90. The molecule has 21 heavy (non-hydrogen) atoms. The second-order valence-electron chi connectivity index (χ2n) is 6.29. The first-order valence-corrected chi connectivity index (χ1v) is 8.85. The van der Waals surface area contributed by atoms with Crippen LogP contribution in [0.3, 0.4) is 0 Å². The molecule has 0 saturated carbocycles. The second kappa shape index (κ2) is 6.90. The Labute approximate surface area is 132 Å². The van der Waals surface area contributed by atoms with Crippen LogP contribution in [0, 0.1) is 5.92 Å². The molecule has 0 radical (unpaired) electrons. The Morgan fingerprint density at radius 3 is 2.29 bits per heavy atom. The largest absolute Gasteiger partial charge is 0.338 e. The molecule has 2 atom stereocenters. The number of piperidine rings is 1. The normalized spacial score (nSPS) is 27.6. The fourth-order valence-corrected chi connectivity index (χ4v) is 4.18. The minimum Gasteiger partial charge on any atom is -0.338 e. The number of urea groups is 1. The molecule has 0 aromatic rings. The van der Waals surface area contributed by atoms with Crippen LogP contribution in [-0.2, 0) is 4.79 Å². The molecule has 2 unspecified atom stereocenters. The number of rotatable bonds is 1. The van der Waals surface area contributed by atoms with Crippen LogP contribution in [0.25, 0.3) is 0 Å². The molecular weight excluding hydrogens is 286 g/mol. The second-order valence-corrected chi connectivity index (χ2v) is 7.77. The minimum atomic E-state index is 0.0530. The third-order valence-corrected chi connectivity index (χ3v) is 6.00. The maximum Gasteiger partial charge on any atom is 0.319 e. The van der Waals surface area contributed by atoms with Crippen molar-refractivity contribution in [2.45, 2.75) is 38.0 Å². The number of thioether (sulfide) groups is 1. The summed E-state index contributed by atoms with van der Waals surface area (Å²) in [6.45, 7) is 6.61. The van der Waals surface area contributed by atoms with E-state index in [1.165, 1.54) is 0 Å². The zero-order valence-electron chi connectivity index (χ0n) is 13.5. The molecule has 2 rings (SSSR count). The molecule has 0 bridgehead atoms. The van der Waals surface area contributed by atoms with Crippen LogP contribution in [0.5, 0.6) is 0 Å². The SMILES string of the molecule is CC1SCCN(C(=O)C2CCN(C(=O)N(C)C)CC2)C1C. The average Bonchev–Trinajstić information content (AvgIpc) is 2.48. The molecule has 5 nitrogen and oxygen atoms in total. The van der Waals surface area contributed by atoms with Gasteiger partial charge in [0, 0.05) is 56.7 Å². The number of carbonyl (C=O) groups excluding carboxylic acids is 2. The standard InChI is InChI=1S/C15H27N3O2S/c1-11-12(2)21-10-9-18(11)14(19)13-5-7-17(8-6-13)15(20)16(3)4/h11-13H,5-10H2,1-4H3. The Morgan fingerprint density at radius 1 is 1.10 bits per heavy atom. The van der Waals surface area contributed by atoms with Crippen LogP contribution in [0.15, 0.2) is 0 Å². The van der Waals surface area contributed by atoms with E-state index in [2.05, 4.69) is 18.7 Å². The Kier molecular flexibility index (Phi) is 5.41. The quantitative estimate of drug-likeness (QED) is 0.740. The predicted octanol–water partition coefficient (Wildman–Crippen LogP) is 1.73. The van der Waals surface area contributed by atoms with Crippen molar-refractivity contribution in [2.75, 3.05) is 39.5 Å². The van der Waals surface area contributed by atoms with Gasteiger partial charge in [0.25, 0.3) is 0 Å². The summed E-state index contributed by atoms with van der Waals surface area (Å²) in [6, 6.07) is 0.370. The molecule has 2 fully saturated rings. The van der Waals surface area contributed by atoms with Gasteiger partial charge < -0.3 is 14.7 Å². The lowest BCUT2D eigenvalue weighted by molar-refractivity contribution is -0.138. The topological polar surface area (TPSA) is 43.9 Å². The highest BCUT2D eigenvalue weighted by molar-refractivity contribution is 8.00. The molecule has 2 heterocycles. The van der Waals surface area contributed by atoms with Crippen LogP contribution in [-0.4, -0.2) is 77.4 Å². The van der Waals surface area contributed by atoms with Gasteiger partial charge in [-0.25, -0.2) is 4.79 Å². The number of hydrogen-bond acceptors (Lipinski definition) is 3. The van der Waals surface area contributed by atoms with Gasteiger partial charge in [-0.3, -0.25) is 4.79 Å². The summed E-state index contributed by atoms with van der Waals surface area (Å²) in [5.41, 5.74) is 0. The monoisotopic (exact) mass is 313 g/mol. The van der Waals surface area contributed by atoms with Gasteiger partial charge in [-0.15, -0.1) is 0 Å². The molecule has 2 aliphatic rings. The van der Waals surface area contributed by atoms with Gasteiger partial charge in [0.2, 0.25) is 5.91 Å². The van der Waals surface area contributed by atoms with Crippen LogP contribution in [0.2, 0.25) is 0 Å². The number of nitrogens with zero attached hydrogens (tertiary/aromatic N) is 3. The zero-order valence-corrected chi connectivity index (χ0v) is 14.4. The Bertz CT molecular complexity index is 394. The van der Waals surface area contributed by atoms with Gasteiger partial charge in [-0.2, -0.15) is 11.8 Å². The number of carbonyl (C=O) groups is 2. The first kappa shape index (κ1) is 16.5. The summed E-state index contributed by atoms with van der Waals surface area (Å²) in [7, 11) is 3.54. The van der Waals surface area contributed by atoms with Gasteiger partial charge in [0.1, 0.15) is 0 Å². The summed E-state index contributed by atoms with van der Waals surface area (Å²) >= 11 is 1.95. The Morgan fingerprint density at radius 2 is 1.71 bits per heavy atom. The molecule has 0 aliphatic carbocycles. The highest BCUT2D eigenvalue weighted by Gasteiger charge is 2.35. The summed E-state index contributed by atoms with van der Waals surface area (Å²) in [4.78, 5) is 30.2. The fraction of sp³-hybridized carbons (Fsp3) is 0.867. The van der Waals surface area contributed by atoms with E-state index in [0.29, 0.717) is 30.3 Å². The zero-order chi connectivity index (χ0) is 15.6. The first-order valence-electron chi connectivity index (χ1n) is 7.80. The summed E-state index contributed by atoms with van der Waals surface area (Å²) in [5, 5.41) is 0.512. The molecule has 120 valence electrons. The van der Waals surface area contributed by atoms with Crippen molar-refractivity contribution in [2.24, 2.45) is 5.92 Å². The molecule has 0 spiro atoms. The highest BCUT2D eigenvalue weighted by atomic mass is 32.2. The number of hydrogen-bond donors (Lipinski definition) is 0. The molecule has 2 aliphatic heterocycles. The molecule has 0 aromatic heterocycles. The van der Waals surface area contributed by atoms with Gasteiger partial charge in [0.05, 0.1) is 0 Å². The third-order valence-electron chi connectivity index (χ3n) is 4.66. The highest BCUT2D eigenvalue weighted by Crippen LogP contribution is 2.28. The maximum absolute atomic E-state index is 12.7. The summed E-state index contributed by atoms with van der Waals surface area (Å²) in [5.74, 6) is 1.43. The van der Waals surface area contributed by atoms with Crippen molar-refractivity contribution in [3.05, 3.63) is 0 Å². The minimum absolute atomic E-state index is 0.0530. The van der Waals surface area contributed by atoms with Crippen molar-refractivity contribution < 1.29 is 9.59 Å². The van der Waals surface area contributed by atoms with E-state index in [-0.39, 0.29) is 11.9 Å². The number of likely N-dealkylation sites (tertiary alicyclic amines) is 1. The van der Waals surface area contributed by atoms with E-state index >= 15 is 0 Å².